The molecule has 2 saturated heterocycles. The third-order valence-electron chi connectivity index (χ3n) is 4.76. The fraction of sp³-hybridized carbons (Fsp3) is 0.500. The van der Waals surface area contributed by atoms with Crippen LogP contribution in [0.5, 0.6) is 0 Å². The van der Waals surface area contributed by atoms with Crippen LogP contribution in [0.3, 0.4) is 0 Å². The predicted molar refractivity (Wildman–Crippen MR) is 90.8 cm³/mol. The summed E-state index contributed by atoms with van der Waals surface area (Å²) in [5.41, 5.74) is 1.66. The molecule has 2 heterocycles. The number of nitrogens with zero attached hydrogens (tertiary/aromatic N) is 2. The quantitative estimate of drug-likeness (QED) is 0.799. The molecular formula is C18H23N3O4. The number of hydrogen-bond donors (Lipinski definition) is 1. The molecule has 134 valence electrons. The number of rotatable bonds is 4. The predicted octanol–water partition coefficient (Wildman–Crippen LogP) is 0.396. The first kappa shape index (κ1) is 17.4. The Kier molecular flexibility index (Phi) is 5.33. The molecule has 0 radical (unpaired) electrons. The molecule has 7 nitrogen and oxygen atoms in total. The van der Waals surface area contributed by atoms with Gasteiger partial charge in [0, 0.05) is 39.1 Å². The normalized spacial score (nSPS) is 21.1. The van der Waals surface area contributed by atoms with Crippen LogP contribution in [0.2, 0.25) is 0 Å². The van der Waals surface area contributed by atoms with Crippen molar-refractivity contribution in [2.45, 2.75) is 25.4 Å². The fourth-order valence-corrected chi connectivity index (χ4v) is 3.27. The van der Waals surface area contributed by atoms with Gasteiger partial charge in [0.1, 0.15) is 6.04 Å². The van der Waals surface area contributed by atoms with Crippen LogP contribution in [0.4, 0.5) is 0 Å². The van der Waals surface area contributed by atoms with E-state index in [4.69, 9.17) is 4.74 Å². The first-order chi connectivity index (χ1) is 12.1. The van der Waals surface area contributed by atoms with Gasteiger partial charge in [-0.3, -0.25) is 14.5 Å². The molecule has 1 aromatic rings. The number of piperazine rings is 1. The van der Waals surface area contributed by atoms with E-state index in [-0.39, 0.29) is 23.8 Å². The van der Waals surface area contributed by atoms with Crippen molar-refractivity contribution in [1.82, 2.24) is 15.1 Å². The SMILES string of the molecule is COC(=O)c1ccc(CN2CCN(C(=O)C3CCC(=O)N3)CC2)cc1. The van der Waals surface area contributed by atoms with Gasteiger partial charge in [-0.05, 0) is 24.1 Å². The van der Waals surface area contributed by atoms with Crippen molar-refractivity contribution in [2.24, 2.45) is 0 Å². The monoisotopic (exact) mass is 345 g/mol. The Balaban J connectivity index is 1.48. The minimum Gasteiger partial charge on any atom is -0.465 e. The van der Waals surface area contributed by atoms with E-state index in [1.54, 1.807) is 12.1 Å². The Hall–Kier alpha value is -2.41. The molecule has 7 heteroatoms. The number of carbonyl (C=O) groups is 3. The van der Waals surface area contributed by atoms with Gasteiger partial charge < -0.3 is 15.0 Å². The van der Waals surface area contributed by atoms with Gasteiger partial charge in [0.25, 0.3) is 0 Å². The number of esters is 1. The van der Waals surface area contributed by atoms with Gasteiger partial charge in [0.2, 0.25) is 11.8 Å². The fourth-order valence-electron chi connectivity index (χ4n) is 3.27. The van der Waals surface area contributed by atoms with Crippen LogP contribution in [0, 0.1) is 0 Å². The summed E-state index contributed by atoms with van der Waals surface area (Å²) in [6.45, 7) is 3.72. The van der Waals surface area contributed by atoms with Gasteiger partial charge >= 0.3 is 5.97 Å². The zero-order valence-corrected chi connectivity index (χ0v) is 14.4. The van der Waals surface area contributed by atoms with Crippen molar-refractivity contribution in [1.29, 1.82) is 0 Å². The lowest BCUT2D eigenvalue weighted by Gasteiger charge is -2.35. The van der Waals surface area contributed by atoms with Crippen molar-refractivity contribution in [3.05, 3.63) is 35.4 Å². The maximum atomic E-state index is 12.4. The van der Waals surface area contributed by atoms with Crippen LogP contribution in [0.1, 0.15) is 28.8 Å². The average Bonchev–Trinajstić information content (AvgIpc) is 3.08. The minimum absolute atomic E-state index is 0.0348. The van der Waals surface area contributed by atoms with Crippen LogP contribution in [0.25, 0.3) is 0 Å². The summed E-state index contributed by atoms with van der Waals surface area (Å²) in [4.78, 5) is 39.2. The second-order valence-corrected chi connectivity index (χ2v) is 6.45. The molecule has 2 aliphatic rings. The molecule has 1 N–H and O–H groups in total. The topological polar surface area (TPSA) is 79.0 Å². The summed E-state index contributed by atoms with van der Waals surface area (Å²) in [6, 6.07) is 7.05. The zero-order valence-electron chi connectivity index (χ0n) is 14.4. The standard InChI is InChI=1S/C18H23N3O4/c1-25-18(24)14-4-2-13(3-5-14)12-20-8-10-21(11-9-20)17(23)15-6-7-16(22)19-15/h2-5,15H,6-12H2,1H3,(H,19,22). The van der Waals surface area contributed by atoms with Gasteiger partial charge in [0.15, 0.2) is 0 Å². The molecule has 2 amide bonds. The Morgan fingerprint density at radius 3 is 2.40 bits per heavy atom. The number of carbonyl (C=O) groups excluding carboxylic acids is 3. The molecular weight excluding hydrogens is 322 g/mol. The Morgan fingerprint density at radius 1 is 1.16 bits per heavy atom. The van der Waals surface area contributed by atoms with Crippen molar-refractivity contribution in [2.75, 3.05) is 33.3 Å². The van der Waals surface area contributed by atoms with E-state index in [9.17, 15) is 14.4 Å². The number of methoxy groups -OCH3 is 1. The van der Waals surface area contributed by atoms with E-state index >= 15 is 0 Å². The maximum absolute atomic E-state index is 12.4. The molecule has 1 unspecified atom stereocenters. The first-order valence-electron chi connectivity index (χ1n) is 8.54. The molecule has 25 heavy (non-hydrogen) atoms. The maximum Gasteiger partial charge on any atom is 0.337 e. The zero-order chi connectivity index (χ0) is 17.8. The van der Waals surface area contributed by atoms with E-state index in [0.29, 0.717) is 31.5 Å². The summed E-state index contributed by atoms with van der Waals surface area (Å²) >= 11 is 0. The van der Waals surface area contributed by atoms with Gasteiger partial charge in [-0.25, -0.2) is 4.79 Å². The van der Waals surface area contributed by atoms with Crippen LogP contribution < -0.4 is 5.32 Å². The summed E-state index contributed by atoms with van der Waals surface area (Å²) in [6.07, 6.45) is 1.04. The lowest BCUT2D eigenvalue weighted by Crippen LogP contribution is -2.53. The lowest BCUT2D eigenvalue weighted by atomic mass is 10.1. The van der Waals surface area contributed by atoms with Crippen molar-refractivity contribution < 1.29 is 19.1 Å². The second-order valence-electron chi connectivity index (χ2n) is 6.45. The molecule has 2 aliphatic heterocycles. The van der Waals surface area contributed by atoms with E-state index in [0.717, 1.165) is 25.2 Å². The van der Waals surface area contributed by atoms with E-state index in [1.807, 2.05) is 17.0 Å². The molecule has 1 aromatic carbocycles. The van der Waals surface area contributed by atoms with Crippen molar-refractivity contribution >= 4 is 17.8 Å². The molecule has 0 saturated carbocycles. The van der Waals surface area contributed by atoms with Gasteiger partial charge in [-0.1, -0.05) is 12.1 Å². The largest absolute Gasteiger partial charge is 0.465 e. The number of ether oxygens (including phenoxy) is 1. The minimum atomic E-state index is -0.343. The number of nitrogens with one attached hydrogen (secondary N) is 1. The molecule has 0 bridgehead atoms. The van der Waals surface area contributed by atoms with Gasteiger partial charge in [-0.2, -0.15) is 0 Å². The van der Waals surface area contributed by atoms with E-state index in [2.05, 4.69) is 10.2 Å². The second kappa shape index (κ2) is 7.65. The van der Waals surface area contributed by atoms with Crippen LogP contribution in [-0.4, -0.2) is 66.9 Å². The summed E-state index contributed by atoms with van der Waals surface area (Å²) in [5.74, 6) is -0.335. The number of hydrogen-bond acceptors (Lipinski definition) is 5. The Labute approximate surface area is 146 Å². The van der Waals surface area contributed by atoms with Gasteiger partial charge in [0.05, 0.1) is 12.7 Å². The molecule has 1 atom stereocenters. The molecule has 0 spiro atoms. The molecule has 3 rings (SSSR count). The summed E-state index contributed by atoms with van der Waals surface area (Å²) < 4.78 is 4.70. The third-order valence-corrected chi connectivity index (χ3v) is 4.76. The highest BCUT2D eigenvalue weighted by Gasteiger charge is 2.32. The highest BCUT2D eigenvalue weighted by molar-refractivity contribution is 5.91. The first-order valence-corrected chi connectivity index (χ1v) is 8.54. The van der Waals surface area contributed by atoms with Crippen molar-refractivity contribution in [3.8, 4) is 0 Å². The van der Waals surface area contributed by atoms with E-state index in [1.165, 1.54) is 7.11 Å². The summed E-state index contributed by atoms with van der Waals surface area (Å²) in [5, 5.41) is 2.74. The number of amides is 2. The van der Waals surface area contributed by atoms with E-state index < -0.39 is 0 Å². The Morgan fingerprint density at radius 2 is 1.84 bits per heavy atom. The molecule has 2 fully saturated rings. The highest BCUT2D eigenvalue weighted by atomic mass is 16.5. The van der Waals surface area contributed by atoms with Crippen LogP contribution in [-0.2, 0) is 20.9 Å². The molecule has 0 aliphatic carbocycles. The third kappa shape index (κ3) is 4.17. The molecule has 0 aromatic heterocycles. The average molecular weight is 345 g/mol. The van der Waals surface area contributed by atoms with Crippen LogP contribution >= 0.6 is 0 Å². The number of benzene rings is 1. The van der Waals surface area contributed by atoms with Crippen LogP contribution in [0.15, 0.2) is 24.3 Å². The van der Waals surface area contributed by atoms with Crippen molar-refractivity contribution in [3.63, 3.8) is 0 Å². The summed E-state index contributed by atoms with van der Waals surface area (Å²) in [7, 11) is 1.37. The van der Waals surface area contributed by atoms with Gasteiger partial charge in [-0.15, -0.1) is 0 Å². The lowest BCUT2D eigenvalue weighted by molar-refractivity contribution is -0.136. The Bertz CT molecular complexity index is 651. The highest BCUT2D eigenvalue weighted by Crippen LogP contribution is 2.14. The smallest absolute Gasteiger partial charge is 0.337 e.